The summed E-state index contributed by atoms with van der Waals surface area (Å²) in [7, 11) is 0. The minimum Gasteiger partial charge on any atom is -0.356 e. The smallest absolute Gasteiger partial charge is 0.227 e. The molecule has 20 heavy (non-hydrogen) atoms. The maximum Gasteiger partial charge on any atom is 0.227 e. The summed E-state index contributed by atoms with van der Waals surface area (Å²) in [5, 5.41) is 5.69. The summed E-state index contributed by atoms with van der Waals surface area (Å²) in [5.41, 5.74) is 5.43. The second-order valence-corrected chi connectivity index (χ2v) is 6.02. The van der Waals surface area contributed by atoms with Crippen molar-refractivity contribution < 1.29 is 9.59 Å². The molecule has 4 N–H and O–H groups in total. The second-order valence-electron chi connectivity index (χ2n) is 6.02. The van der Waals surface area contributed by atoms with Gasteiger partial charge in [0.15, 0.2) is 0 Å². The Bertz CT molecular complexity index is 323. The van der Waals surface area contributed by atoms with Crippen molar-refractivity contribution in [1.29, 1.82) is 0 Å². The zero-order valence-electron chi connectivity index (χ0n) is 12.8. The molecule has 0 spiro atoms. The van der Waals surface area contributed by atoms with E-state index < -0.39 is 5.41 Å². The third kappa shape index (κ3) is 4.78. The van der Waals surface area contributed by atoms with Crippen molar-refractivity contribution >= 4 is 11.8 Å². The van der Waals surface area contributed by atoms with E-state index in [1.807, 2.05) is 6.92 Å². The van der Waals surface area contributed by atoms with Crippen molar-refractivity contribution in [2.24, 2.45) is 17.1 Å². The number of carbonyl (C=O) groups excluding carboxylic acids is 2. The van der Waals surface area contributed by atoms with Crippen LogP contribution >= 0.6 is 0 Å². The molecule has 0 aromatic rings. The number of carbonyl (C=O) groups is 2. The van der Waals surface area contributed by atoms with E-state index >= 15 is 0 Å². The molecule has 1 saturated carbocycles. The van der Waals surface area contributed by atoms with Crippen LogP contribution in [-0.2, 0) is 9.59 Å². The Kier molecular flexibility index (Phi) is 6.99. The van der Waals surface area contributed by atoms with Gasteiger partial charge in [0, 0.05) is 26.1 Å². The predicted octanol–water partition coefficient (Wildman–Crippen LogP) is 1.17. The molecule has 1 aliphatic rings. The highest BCUT2D eigenvalue weighted by Gasteiger charge is 2.39. The van der Waals surface area contributed by atoms with Gasteiger partial charge in [-0.2, -0.15) is 0 Å². The lowest BCUT2D eigenvalue weighted by Crippen LogP contribution is -2.48. The topological polar surface area (TPSA) is 84.2 Å². The molecule has 0 aromatic carbocycles. The zero-order valence-corrected chi connectivity index (χ0v) is 12.8. The van der Waals surface area contributed by atoms with Crippen molar-refractivity contribution in [3.8, 4) is 0 Å². The Morgan fingerprint density at radius 1 is 1.20 bits per heavy atom. The lowest BCUT2D eigenvalue weighted by atomic mass is 9.70. The molecule has 116 valence electrons. The van der Waals surface area contributed by atoms with Gasteiger partial charge in [-0.3, -0.25) is 9.59 Å². The van der Waals surface area contributed by atoms with Gasteiger partial charge in [-0.15, -0.1) is 0 Å². The highest BCUT2D eigenvalue weighted by Crippen LogP contribution is 2.38. The van der Waals surface area contributed by atoms with Crippen LogP contribution in [0.25, 0.3) is 0 Å². The molecule has 0 aromatic heterocycles. The third-order valence-electron chi connectivity index (χ3n) is 4.31. The first kappa shape index (κ1) is 17.0. The summed E-state index contributed by atoms with van der Waals surface area (Å²) in [4.78, 5) is 23.8. The molecule has 1 rings (SSSR count). The van der Waals surface area contributed by atoms with E-state index in [0.717, 1.165) is 32.1 Å². The Balaban J connectivity index is 2.35. The van der Waals surface area contributed by atoms with Gasteiger partial charge in [0.1, 0.15) is 0 Å². The number of nitrogens with two attached hydrogens (primary N) is 1. The van der Waals surface area contributed by atoms with Crippen LogP contribution in [0.4, 0.5) is 0 Å². The van der Waals surface area contributed by atoms with E-state index in [0.29, 0.717) is 32.0 Å². The maximum absolute atomic E-state index is 12.3. The summed E-state index contributed by atoms with van der Waals surface area (Å²) in [5.74, 6) is 0.698. The third-order valence-corrected chi connectivity index (χ3v) is 4.31. The SMILES string of the molecule is CCCNC(=O)CCNC(=O)C1(CN)CCC(C)CC1. The Hall–Kier alpha value is -1.10. The average molecular weight is 283 g/mol. The Morgan fingerprint density at radius 2 is 1.85 bits per heavy atom. The molecule has 0 unspecified atom stereocenters. The highest BCUT2D eigenvalue weighted by atomic mass is 16.2. The number of amides is 2. The van der Waals surface area contributed by atoms with Crippen molar-refractivity contribution in [2.45, 2.75) is 52.4 Å². The molecule has 1 aliphatic carbocycles. The first-order valence-corrected chi connectivity index (χ1v) is 7.79. The van der Waals surface area contributed by atoms with Crippen molar-refractivity contribution in [3.05, 3.63) is 0 Å². The standard InChI is InChI=1S/C15H29N3O2/c1-3-9-17-13(19)6-10-18-14(20)15(11-16)7-4-12(2)5-8-15/h12H,3-11,16H2,1-2H3,(H,17,19)(H,18,20). The lowest BCUT2D eigenvalue weighted by molar-refractivity contribution is -0.132. The lowest BCUT2D eigenvalue weighted by Gasteiger charge is -2.37. The van der Waals surface area contributed by atoms with Crippen molar-refractivity contribution in [1.82, 2.24) is 10.6 Å². The van der Waals surface area contributed by atoms with Crippen LogP contribution in [0, 0.1) is 11.3 Å². The van der Waals surface area contributed by atoms with Crippen LogP contribution in [0.2, 0.25) is 0 Å². The first-order valence-electron chi connectivity index (χ1n) is 7.79. The van der Waals surface area contributed by atoms with Gasteiger partial charge in [0.25, 0.3) is 0 Å². The molecule has 0 radical (unpaired) electrons. The van der Waals surface area contributed by atoms with E-state index in [4.69, 9.17) is 5.73 Å². The van der Waals surface area contributed by atoms with Crippen LogP contribution in [0.5, 0.6) is 0 Å². The van der Waals surface area contributed by atoms with Crippen molar-refractivity contribution in [2.75, 3.05) is 19.6 Å². The molecule has 0 bridgehead atoms. The van der Waals surface area contributed by atoms with Gasteiger partial charge in [0.05, 0.1) is 5.41 Å². The predicted molar refractivity (Wildman–Crippen MR) is 80.0 cm³/mol. The monoisotopic (exact) mass is 283 g/mol. The first-order chi connectivity index (χ1) is 9.54. The van der Waals surface area contributed by atoms with Crippen LogP contribution in [0.1, 0.15) is 52.4 Å². The van der Waals surface area contributed by atoms with E-state index in [1.54, 1.807) is 0 Å². The summed E-state index contributed by atoms with van der Waals surface area (Å²) < 4.78 is 0. The molecule has 0 saturated heterocycles. The van der Waals surface area contributed by atoms with Crippen molar-refractivity contribution in [3.63, 3.8) is 0 Å². The quantitative estimate of drug-likeness (QED) is 0.656. The van der Waals surface area contributed by atoms with Crippen LogP contribution in [0.3, 0.4) is 0 Å². The summed E-state index contributed by atoms with van der Waals surface area (Å²) in [6, 6.07) is 0. The van der Waals surface area contributed by atoms with Gasteiger partial charge in [0.2, 0.25) is 11.8 Å². The Morgan fingerprint density at radius 3 is 2.40 bits per heavy atom. The summed E-state index contributed by atoms with van der Waals surface area (Å²) >= 11 is 0. The van der Waals surface area contributed by atoms with Crippen LogP contribution in [0.15, 0.2) is 0 Å². The largest absolute Gasteiger partial charge is 0.356 e. The van der Waals surface area contributed by atoms with E-state index in [2.05, 4.69) is 17.6 Å². The summed E-state index contributed by atoms with van der Waals surface area (Å²) in [6.07, 6.45) is 5.09. The summed E-state index contributed by atoms with van der Waals surface area (Å²) in [6.45, 7) is 5.71. The van der Waals surface area contributed by atoms with E-state index in [1.165, 1.54) is 0 Å². The molecular formula is C15H29N3O2. The molecule has 5 nitrogen and oxygen atoms in total. The minimum atomic E-state index is -0.410. The average Bonchev–Trinajstić information content (AvgIpc) is 2.46. The Labute approximate surface area is 122 Å². The van der Waals surface area contributed by atoms with Crippen LogP contribution < -0.4 is 16.4 Å². The van der Waals surface area contributed by atoms with Crippen LogP contribution in [-0.4, -0.2) is 31.4 Å². The molecule has 0 aliphatic heterocycles. The number of hydrogen-bond donors (Lipinski definition) is 3. The van der Waals surface area contributed by atoms with Gasteiger partial charge >= 0.3 is 0 Å². The van der Waals surface area contributed by atoms with E-state index in [-0.39, 0.29) is 11.8 Å². The molecule has 2 amide bonds. The van der Waals surface area contributed by atoms with Gasteiger partial charge in [-0.25, -0.2) is 0 Å². The molecule has 1 fully saturated rings. The minimum absolute atomic E-state index is 0.00813. The van der Waals surface area contributed by atoms with Gasteiger partial charge < -0.3 is 16.4 Å². The van der Waals surface area contributed by atoms with E-state index in [9.17, 15) is 9.59 Å². The second kappa shape index (κ2) is 8.25. The van der Waals surface area contributed by atoms with Gasteiger partial charge in [-0.05, 0) is 38.0 Å². The molecule has 0 atom stereocenters. The molecule has 5 heteroatoms. The zero-order chi connectivity index (χ0) is 15.0. The fourth-order valence-electron chi connectivity index (χ4n) is 2.67. The maximum atomic E-state index is 12.3. The van der Waals surface area contributed by atoms with Gasteiger partial charge in [-0.1, -0.05) is 13.8 Å². The fourth-order valence-corrected chi connectivity index (χ4v) is 2.67. The highest BCUT2D eigenvalue weighted by molar-refractivity contribution is 5.84. The fraction of sp³-hybridized carbons (Fsp3) is 0.867. The molecule has 0 heterocycles. The normalized spacial score (nSPS) is 26.1. The number of rotatable bonds is 7. The number of hydrogen-bond acceptors (Lipinski definition) is 3. The number of nitrogens with one attached hydrogen (secondary N) is 2. The molecular weight excluding hydrogens is 254 g/mol.